The fourth-order valence-corrected chi connectivity index (χ4v) is 2.54. The van der Waals surface area contributed by atoms with Crippen LogP contribution in [-0.2, 0) is 6.54 Å². The molecule has 2 rings (SSSR count). The molecule has 0 unspecified atom stereocenters. The molecule has 0 aliphatic rings. The Bertz CT molecular complexity index is 526. The van der Waals surface area contributed by atoms with E-state index in [9.17, 15) is 0 Å². The summed E-state index contributed by atoms with van der Waals surface area (Å²) in [6.45, 7) is 5.43. The highest BCUT2D eigenvalue weighted by atomic mass is 79.9. The van der Waals surface area contributed by atoms with Gasteiger partial charge in [-0.15, -0.1) is 0 Å². The van der Waals surface area contributed by atoms with Crippen molar-refractivity contribution in [3.8, 4) is 0 Å². The summed E-state index contributed by atoms with van der Waals surface area (Å²) < 4.78 is 3.49. The zero-order valence-electron chi connectivity index (χ0n) is 10.9. The van der Waals surface area contributed by atoms with E-state index in [1.165, 1.54) is 16.5 Å². The first-order chi connectivity index (χ1) is 7.99. The molecule has 0 aliphatic carbocycles. The molecule has 0 fully saturated rings. The first-order valence-corrected chi connectivity index (χ1v) is 6.72. The number of nitrogens with zero attached hydrogens (tertiary/aromatic N) is 2. The van der Waals surface area contributed by atoms with Crippen molar-refractivity contribution in [2.75, 3.05) is 14.1 Å². The van der Waals surface area contributed by atoms with Crippen LogP contribution in [0, 0.1) is 0 Å². The monoisotopic (exact) mass is 294 g/mol. The second-order valence-electron chi connectivity index (χ2n) is 5.05. The molecule has 0 aliphatic heterocycles. The van der Waals surface area contributed by atoms with E-state index in [0.29, 0.717) is 6.04 Å². The molecule has 0 spiro atoms. The molecule has 2 nitrogen and oxygen atoms in total. The van der Waals surface area contributed by atoms with Crippen LogP contribution in [0.2, 0.25) is 0 Å². The SMILES string of the molecule is CC(C)n1cc(CN(C)C)c2ccc(Br)cc21. The Kier molecular flexibility index (Phi) is 3.59. The minimum absolute atomic E-state index is 0.489. The molecular weight excluding hydrogens is 276 g/mol. The maximum Gasteiger partial charge on any atom is 0.0497 e. The highest BCUT2D eigenvalue weighted by molar-refractivity contribution is 9.10. The van der Waals surface area contributed by atoms with Crippen LogP contribution < -0.4 is 0 Å². The standard InChI is InChI=1S/C14H19BrN2/c1-10(2)17-9-11(8-16(3)4)13-6-5-12(15)7-14(13)17/h5-7,9-10H,8H2,1-4H3. The molecule has 0 amide bonds. The molecule has 1 aromatic carbocycles. The van der Waals surface area contributed by atoms with Crippen LogP contribution in [0.3, 0.4) is 0 Å². The van der Waals surface area contributed by atoms with E-state index in [1.54, 1.807) is 0 Å². The quantitative estimate of drug-likeness (QED) is 0.829. The lowest BCUT2D eigenvalue weighted by molar-refractivity contribution is 0.403. The highest BCUT2D eigenvalue weighted by Gasteiger charge is 2.11. The van der Waals surface area contributed by atoms with Gasteiger partial charge in [-0.2, -0.15) is 0 Å². The molecule has 3 heteroatoms. The van der Waals surface area contributed by atoms with E-state index in [-0.39, 0.29) is 0 Å². The summed E-state index contributed by atoms with van der Waals surface area (Å²) in [7, 11) is 4.22. The molecule has 0 N–H and O–H groups in total. The van der Waals surface area contributed by atoms with Crippen molar-refractivity contribution in [3.05, 3.63) is 34.4 Å². The summed E-state index contributed by atoms with van der Waals surface area (Å²) in [4.78, 5) is 2.21. The smallest absolute Gasteiger partial charge is 0.0497 e. The molecule has 0 radical (unpaired) electrons. The maximum atomic E-state index is 3.55. The zero-order valence-corrected chi connectivity index (χ0v) is 12.5. The van der Waals surface area contributed by atoms with Crippen molar-refractivity contribution < 1.29 is 0 Å². The Balaban J connectivity index is 2.62. The molecule has 0 saturated heterocycles. The fourth-order valence-electron chi connectivity index (χ4n) is 2.19. The third-order valence-corrected chi connectivity index (χ3v) is 3.41. The van der Waals surface area contributed by atoms with Gasteiger partial charge in [-0.3, -0.25) is 0 Å². The molecule has 1 heterocycles. The molecule has 1 aromatic heterocycles. The minimum Gasteiger partial charge on any atom is -0.345 e. The summed E-state index contributed by atoms with van der Waals surface area (Å²) in [6.07, 6.45) is 2.28. The largest absolute Gasteiger partial charge is 0.345 e. The van der Waals surface area contributed by atoms with Crippen LogP contribution in [0.4, 0.5) is 0 Å². The highest BCUT2D eigenvalue weighted by Crippen LogP contribution is 2.28. The van der Waals surface area contributed by atoms with Crippen LogP contribution >= 0.6 is 15.9 Å². The topological polar surface area (TPSA) is 8.17 Å². The van der Waals surface area contributed by atoms with Crippen molar-refractivity contribution in [1.82, 2.24) is 9.47 Å². The lowest BCUT2D eigenvalue weighted by Crippen LogP contribution is -2.10. The maximum absolute atomic E-state index is 3.55. The second kappa shape index (κ2) is 4.83. The zero-order chi connectivity index (χ0) is 12.6. The van der Waals surface area contributed by atoms with Gasteiger partial charge in [0.2, 0.25) is 0 Å². The normalized spacial score (nSPS) is 11.9. The summed E-state index contributed by atoms with van der Waals surface area (Å²) in [5.74, 6) is 0. The first kappa shape index (κ1) is 12.7. The van der Waals surface area contributed by atoms with Gasteiger partial charge in [-0.05, 0) is 45.6 Å². The van der Waals surface area contributed by atoms with Crippen LogP contribution in [0.1, 0.15) is 25.5 Å². The summed E-state index contributed by atoms with van der Waals surface area (Å²) in [6, 6.07) is 7.01. The summed E-state index contributed by atoms with van der Waals surface area (Å²) in [5, 5.41) is 1.36. The van der Waals surface area contributed by atoms with Crippen LogP contribution in [0.15, 0.2) is 28.9 Å². The Labute approximate surface area is 111 Å². The second-order valence-corrected chi connectivity index (χ2v) is 5.97. The van der Waals surface area contributed by atoms with E-state index in [1.807, 2.05) is 0 Å². The molecule has 2 aromatic rings. The van der Waals surface area contributed by atoms with Crippen molar-refractivity contribution in [2.24, 2.45) is 0 Å². The predicted octanol–water partition coefficient (Wildman–Crippen LogP) is 4.05. The van der Waals surface area contributed by atoms with Crippen molar-refractivity contribution in [3.63, 3.8) is 0 Å². The lowest BCUT2D eigenvalue weighted by atomic mass is 10.2. The molecule has 0 bridgehead atoms. The lowest BCUT2D eigenvalue weighted by Gasteiger charge is -2.09. The third kappa shape index (κ3) is 2.55. The average molecular weight is 295 g/mol. The predicted molar refractivity (Wildman–Crippen MR) is 77.4 cm³/mol. The van der Waals surface area contributed by atoms with E-state index >= 15 is 0 Å². The molecule has 17 heavy (non-hydrogen) atoms. The Hall–Kier alpha value is -0.800. The summed E-state index contributed by atoms with van der Waals surface area (Å²) in [5.41, 5.74) is 2.71. The van der Waals surface area contributed by atoms with Gasteiger partial charge in [-0.1, -0.05) is 22.0 Å². The van der Waals surface area contributed by atoms with Gasteiger partial charge in [0.25, 0.3) is 0 Å². The molecular formula is C14H19BrN2. The number of hydrogen-bond donors (Lipinski definition) is 0. The van der Waals surface area contributed by atoms with Crippen LogP contribution in [0.25, 0.3) is 10.9 Å². The Morgan fingerprint density at radius 2 is 2.00 bits per heavy atom. The molecule has 92 valence electrons. The number of rotatable bonds is 3. The number of fused-ring (bicyclic) bond motifs is 1. The number of halogens is 1. The number of hydrogen-bond acceptors (Lipinski definition) is 1. The molecule has 0 atom stereocenters. The number of benzene rings is 1. The first-order valence-electron chi connectivity index (χ1n) is 5.92. The van der Waals surface area contributed by atoms with Crippen molar-refractivity contribution in [2.45, 2.75) is 26.4 Å². The van der Waals surface area contributed by atoms with Crippen LogP contribution in [0.5, 0.6) is 0 Å². The van der Waals surface area contributed by atoms with Crippen molar-refractivity contribution in [1.29, 1.82) is 0 Å². The third-order valence-electron chi connectivity index (χ3n) is 2.92. The number of aromatic nitrogens is 1. The average Bonchev–Trinajstić information content (AvgIpc) is 2.55. The minimum atomic E-state index is 0.489. The van der Waals surface area contributed by atoms with Gasteiger partial charge in [0, 0.05) is 34.2 Å². The van der Waals surface area contributed by atoms with E-state index in [4.69, 9.17) is 0 Å². The van der Waals surface area contributed by atoms with Gasteiger partial charge in [0.15, 0.2) is 0 Å². The Morgan fingerprint density at radius 3 is 2.59 bits per heavy atom. The van der Waals surface area contributed by atoms with Gasteiger partial charge < -0.3 is 9.47 Å². The Morgan fingerprint density at radius 1 is 1.29 bits per heavy atom. The van der Waals surface area contributed by atoms with Crippen LogP contribution in [-0.4, -0.2) is 23.6 Å². The molecule has 0 saturated carbocycles. The van der Waals surface area contributed by atoms with Gasteiger partial charge >= 0.3 is 0 Å². The van der Waals surface area contributed by atoms with Gasteiger partial charge in [0.05, 0.1) is 0 Å². The van der Waals surface area contributed by atoms with E-state index < -0.39 is 0 Å². The fraction of sp³-hybridized carbons (Fsp3) is 0.429. The van der Waals surface area contributed by atoms with Gasteiger partial charge in [-0.25, -0.2) is 0 Å². The van der Waals surface area contributed by atoms with Gasteiger partial charge in [0.1, 0.15) is 0 Å². The van der Waals surface area contributed by atoms with E-state index in [0.717, 1.165) is 11.0 Å². The van der Waals surface area contributed by atoms with E-state index in [2.05, 4.69) is 77.7 Å². The van der Waals surface area contributed by atoms with Crippen molar-refractivity contribution >= 4 is 26.8 Å². The summed E-state index contributed by atoms with van der Waals surface area (Å²) >= 11 is 3.55.